The summed E-state index contributed by atoms with van der Waals surface area (Å²) in [6.45, 7) is 0. The normalized spacial score (nSPS) is 15.6. The van der Waals surface area contributed by atoms with Gasteiger partial charge in [-0.15, -0.1) is 0 Å². The Hall–Kier alpha value is -2.15. The smallest absolute Gasteiger partial charge is 0.319 e. The summed E-state index contributed by atoms with van der Waals surface area (Å²) in [4.78, 5) is 32.8. The number of nitrogens with one attached hydrogen (secondary N) is 1. The van der Waals surface area contributed by atoms with Crippen molar-refractivity contribution in [2.24, 2.45) is 5.41 Å². The number of carboxylic acid groups (broad SMARTS) is 1. The van der Waals surface area contributed by atoms with E-state index in [-0.39, 0.29) is 29.2 Å². The molecule has 0 saturated heterocycles. The number of benzene rings is 1. The Bertz CT molecular complexity index is 582. The minimum Gasteiger partial charge on any atom is -0.480 e. The van der Waals surface area contributed by atoms with Crippen molar-refractivity contribution in [2.45, 2.75) is 12.8 Å². The second-order valence-corrected chi connectivity index (χ2v) is 4.67. The Balaban J connectivity index is 2.24. The maximum Gasteiger partial charge on any atom is 0.319 e. The molecule has 8 heteroatoms. The highest BCUT2D eigenvalue weighted by molar-refractivity contribution is 6.34. The molecule has 2 rings (SSSR count). The summed E-state index contributed by atoms with van der Waals surface area (Å²) in [6, 6.07) is 3.57. The van der Waals surface area contributed by atoms with Gasteiger partial charge < -0.3 is 10.4 Å². The first-order valence-electron chi connectivity index (χ1n) is 5.35. The summed E-state index contributed by atoms with van der Waals surface area (Å²) in [5.74, 6) is -1.91. The number of anilines is 1. The van der Waals surface area contributed by atoms with Crippen LogP contribution in [0, 0.1) is 15.5 Å². The quantitative estimate of drug-likeness (QED) is 0.499. The van der Waals surface area contributed by atoms with Crippen molar-refractivity contribution in [3.8, 4) is 0 Å². The SMILES string of the molecule is O=C(O)C1(C(=O)Nc2cc([N+](=O)[O-])ccc2Cl)CC1. The summed E-state index contributed by atoms with van der Waals surface area (Å²) in [5, 5.41) is 22.0. The molecule has 0 aliphatic heterocycles. The molecule has 0 unspecified atom stereocenters. The Morgan fingerprint density at radius 1 is 1.42 bits per heavy atom. The van der Waals surface area contributed by atoms with Gasteiger partial charge in [-0.05, 0) is 18.9 Å². The van der Waals surface area contributed by atoms with Crippen LogP contribution in [0.15, 0.2) is 18.2 Å². The van der Waals surface area contributed by atoms with Gasteiger partial charge in [-0.25, -0.2) is 0 Å². The first-order valence-corrected chi connectivity index (χ1v) is 5.73. The maximum atomic E-state index is 11.9. The van der Waals surface area contributed by atoms with Crippen LogP contribution >= 0.6 is 11.6 Å². The zero-order valence-corrected chi connectivity index (χ0v) is 10.3. The second-order valence-electron chi connectivity index (χ2n) is 4.26. The van der Waals surface area contributed by atoms with Gasteiger partial charge in [-0.2, -0.15) is 0 Å². The van der Waals surface area contributed by atoms with Gasteiger partial charge in [0.1, 0.15) is 5.41 Å². The van der Waals surface area contributed by atoms with Crippen molar-refractivity contribution in [1.29, 1.82) is 0 Å². The lowest BCUT2D eigenvalue weighted by Gasteiger charge is -2.11. The standard InChI is InChI=1S/C11H9ClN2O5/c12-7-2-1-6(14(18)19)5-8(7)13-9(15)11(3-4-11)10(16)17/h1-2,5H,3-4H2,(H,13,15)(H,16,17). The largest absolute Gasteiger partial charge is 0.480 e. The molecular formula is C11H9ClN2O5. The number of nitrogens with zero attached hydrogens (tertiary/aromatic N) is 1. The lowest BCUT2D eigenvalue weighted by Crippen LogP contribution is -2.31. The summed E-state index contributed by atoms with van der Waals surface area (Å²) in [7, 11) is 0. The van der Waals surface area contributed by atoms with Gasteiger partial charge in [0.05, 0.1) is 15.6 Å². The number of carboxylic acids is 1. The Labute approximate surface area is 112 Å². The van der Waals surface area contributed by atoms with E-state index < -0.39 is 22.2 Å². The number of hydrogen-bond acceptors (Lipinski definition) is 4. The number of carbonyl (C=O) groups is 2. The monoisotopic (exact) mass is 284 g/mol. The lowest BCUT2D eigenvalue weighted by atomic mass is 10.1. The second kappa shape index (κ2) is 4.51. The number of hydrogen-bond donors (Lipinski definition) is 2. The van der Waals surface area contributed by atoms with Gasteiger partial charge in [0, 0.05) is 12.1 Å². The third-order valence-electron chi connectivity index (χ3n) is 3.00. The highest BCUT2D eigenvalue weighted by Crippen LogP contribution is 2.47. The Morgan fingerprint density at radius 3 is 2.53 bits per heavy atom. The Kier molecular flexibility index (Phi) is 3.15. The van der Waals surface area contributed by atoms with Crippen LogP contribution in [0.4, 0.5) is 11.4 Å². The van der Waals surface area contributed by atoms with Gasteiger partial charge in [0.25, 0.3) is 5.69 Å². The van der Waals surface area contributed by atoms with Gasteiger partial charge >= 0.3 is 5.97 Å². The minimum absolute atomic E-state index is 0.0355. The number of halogens is 1. The van der Waals surface area contributed by atoms with Crippen LogP contribution < -0.4 is 5.32 Å². The molecule has 2 N–H and O–H groups in total. The molecule has 1 saturated carbocycles. The van der Waals surface area contributed by atoms with E-state index in [9.17, 15) is 19.7 Å². The number of carbonyl (C=O) groups excluding carboxylic acids is 1. The molecule has 1 aliphatic carbocycles. The summed E-state index contributed by atoms with van der Waals surface area (Å²) in [5.41, 5.74) is -1.62. The molecule has 1 aliphatic rings. The van der Waals surface area contributed by atoms with Crippen LogP contribution in [0.3, 0.4) is 0 Å². The van der Waals surface area contributed by atoms with E-state index in [2.05, 4.69) is 5.32 Å². The molecule has 19 heavy (non-hydrogen) atoms. The number of nitro groups is 1. The van der Waals surface area contributed by atoms with Crippen LogP contribution in [-0.4, -0.2) is 21.9 Å². The number of amides is 1. The molecule has 0 atom stereocenters. The number of aliphatic carboxylic acids is 1. The van der Waals surface area contributed by atoms with Crippen LogP contribution in [-0.2, 0) is 9.59 Å². The molecule has 0 spiro atoms. The summed E-state index contributed by atoms with van der Waals surface area (Å²) >= 11 is 5.81. The predicted molar refractivity (Wildman–Crippen MR) is 66.0 cm³/mol. The molecule has 100 valence electrons. The highest BCUT2D eigenvalue weighted by Gasteiger charge is 2.57. The molecule has 0 heterocycles. The Morgan fingerprint density at radius 2 is 2.05 bits per heavy atom. The van der Waals surface area contributed by atoms with E-state index in [1.165, 1.54) is 12.1 Å². The van der Waals surface area contributed by atoms with Crippen molar-refractivity contribution < 1.29 is 19.6 Å². The van der Waals surface area contributed by atoms with Crippen LogP contribution in [0.5, 0.6) is 0 Å². The zero-order chi connectivity index (χ0) is 14.2. The number of non-ortho nitro benzene ring substituents is 1. The van der Waals surface area contributed by atoms with Crippen LogP contribution in [0.25, 0.3) is 0 Å². The first-order chi connectivity index (χ1) is 8.86. The third kappa shape index (κ3) is 2.37. The van der Waals surface area contributed by atoms with Gasteiger partial charge in [0.15, 0.2) is 0 Å². The fraction of sp³-hybridized carbons (Fsp3) is 0.273. The van der Waals surface area contributed by atoms with E-state index >= 15 is 0 Å². The van der Waals surface area contributed by atoms with Gasteiger partial charge in [-0.1, -0.05) is 11.6 Å². The molecule has 1 fully saturated rings. The van der Waals surface area contributed by atoms with Gasteiger partial charge in [0.2, 0.25) is 5.91 Å². The van der Waals surface area contributed by atoms with Crippen molar-refractivity contribution in [1.82, 2.24) is 0 Å². The number of nitro benzene ring substituents is 1. The fourth-order valence-electron chi connectivity index (χ4n) is 1.63. The van der Waals surface area contributed by atoms with Crippen molar-refractivity contribution >= 4 is 34.9 Å². The molecule has 0 bridgehead atoms. The minimum atomic E-state index is -1.42. The van der Waals surface area contributed by atoms with E-state index in [4.69, 9.17) is 16.7 Å². The molecule has 1 amide bonds. The summed E-state index contributed by atoms with van der Waals surface area (Å²) < 4.78 is 0. The summed E-state index contributed by atoms with van der Waals surface area (Å²) in [6.07, 6.45) is 0.501. The lowest BCUT2D eigenvalue weighted by molar-refractivity contribution is -0.384. The highest BCUT2D eigenvalue weighted by atomic mass is 35.5. The van der Waals surface area contributed by atoms with E-state index in [1.54, 1.807) is 0 Å². The molecule has 1 aromatic carbocycles. The van der Waals surface area contributed by atoms with Gasteiger partial charge in [-0.3, -0.25) is 19.7 Å². The molecule has 0 aromatic heterocycles. The molecule has 1 aromatic rings. The van der Waals surface area contributed by atoms with E-state index in [1.807, 2.05) is 0 Å². The van der Waals surface area contributed by atoms with E-state index in [0.717, 1.165) is 6.07 Å². The fourth-order valence-corrected chi connectivity index (χ4v) is 1.79. The third-order valence-corrected chi connectivity index (χ3v) is 3.33. The van der Waals surface area contributed by atoms with Crippen molar-refractivity contribution in [2.75, 3.05) is 5.32 Å². The van der Waals surface area contributed by atoms with E-state index in [0.29, 0.717) is 0 Å². The maximum absolute atomic E-state index is 11.9. The average molecular weight is 285 g/mol. The molecule has 0 radical (unpaired) electrons. The topological polar surface area (TPSA) is 110 Å². The van der Waals surface area contributed by atoms with Crippen molar-refractivity contribution in [3.63, 3.8) is 0 Å². The van der Waals surface area contributed by atoms with Crippen LogP contribution in [0.1, 0.15) is 12.8 Å². The molecular weight excluding hydrogens is 276 g/mol. The number of rotatable bonds is 4. The van der Waals surface area contributed by atoms with Crippen LogP contribution in [0.2, 0.25) is 5.02 Å². The average Bonchev–Trinajstić information content (AvgIpc) is 3.12. The van der Waals surface area contributed by atoms with Crippen molar-refractivity contribution in [3.05, 3.63) is 33.3 Å². The first kappa shape index (κ1) is 13.3. The zero-order valence-electron chi connectivity index (χ0n) is 9.55. The molecule has 7 nitrogen and oxygen atoms in total. The predicted octanol–water partition coefficient (Wildman–Crippen LogP) is 2.05.